The van der Waals surface area contributed by atoms with Crippen LogP contribution in [0.4, 0.5) is 0 Å². The second-order valence-corrected chi connectivity index (χ2v) is 8.32. The molecule has 0 aliphatic carbocycles. The molecule has 0 atom stereocenters. The molecule has 2 aromatic rings. The summed E-state index contributed by atoms with van der Waals surface area (Å²) in [6.45, 7) is 0.433. The number of nitrogens with one attached hydrogen (secondary N) is 1. The Hall–Kier alpha value is -1.17. The molecule has 0 unspecified atom stereocenters. The van der Waals surface area contributed by atoms with Crippen LogP contribution in [0.2, 0.25) is 0 Å². The van der Waals surface area contributed by atoms with Crippen LogP contribution < -0.4 is 10.5 Å². The fourth-order valence-corrected chi connectivity index (χ4v) is 4.32. The van der Waals surface area contributed by atoms with Crippen LogP contribution >= 0.6 is 27.3 Å². The number of hydrogen-bond acceptors (Lipinski definition) is 4. The Morgan fingerprint density at radius 1 is 1.24 bits per heavy atom. The lowest BCUT2D eigenvalue weighted by molar-refractivity contribution is 0.581. The summed E-state index contributed by atoms with van der Waals surface area (Å²) in [4.78, 5) is 1.09. The lowest BCUT2D eigenvalue weighted by Gasteiger charge is -2.07. The van der Waals surface area contributed by atoms with Gasteiger partial charge in [-0.1, -0.05) is 24.0 Å². The molecule has 0 fully saturated rings. The highest BCUT2D eigenvalue weighted by molar-refractivity contribution is 9.11. The molecule has 3 N–H and O–H groups in total. The SMILES string of the molecule is NCC#Cc1ccccc1S(=O)(=O)NCc1ccc(Br)s1. The lowest BCUT2D eigenvalue weighted by Crippen LogP contribution is -2.23. The quantitative estimate of drug-likeness (QED) is 0.794. The zero-order chi connectivity index (χ0) is 15.3. The van der Waals surface area contributed by atoms with Gasteiger partial charge in [-0.15, -0.1) is 11.3 Å². The van der Waals surface area contributed by atoms with Gasteiger partial charge >= 0.3 is 0 Å². The van der Waals surface area contributed by atoms with Gasteiger partial charge in [-0.2, -0.15) is 0 Å². The van der Waals surface area contributed by atoms with Crippen LogP contribution in [-0.4, -0.2) is 15.0 Å². The minimum absolute atomic E-state index is 0.168. The first-order valence-electron chi connectivity index (χ1n) is 6.05. The van der Waals surface area contributed by atoms with Crippen LogP contribution in [-0.2, 0) is 16.6 Å². The van der Waals surface area contributed by atoms with Gasteiger partial charge in [-0.25, -0.2) is 13.1 Å². The molecule has 0 radical (unpaired) electrons. The van der Waals surface area contributed by atoms with E-state index >= 15 is 0 Å². The maximum Gasteiger partial charge on any atom is 0.242 e. The van der Waals surface area contributed by atoms with E-state index < -0.39 is 10.0 Å². The molecule has 0 saturated carbocycles. The molecule has 21 heavy (non-hydrogen) atoms. The van der Waals surface area contributed by atoms with Crippen LogP contribution in [0, 0.1) is 11.8 Å². The average Bonchev–Trinajstić information content (AvgIpc) is 2.89. The molecule has 0 amide bonds. The standard InChI is InChI=1S/C14H13BrN2O2S2/c15-14-8-7-12(20-14)10-17-21(18,19)13-6-2-1-4-11(13)5-3-9-16/h1-2,4,6-8,17H,9-10,16H2. The maximum absolute atomic E-state index is 12.4. The highest BCUT2D eigenvalue weighted by atomic mass is 79.9. The predicted octanol–water partition coefficient (Wildman–Crippen LogP) is 2.30. The first kappa shape index (κ1) is 16.2. The first-order chi connectivity index (χ1) is 10.0. The second kappa shape index (κ2) is 7.20. The van der Waals surface area contributed by atoms with Crippen molar-refractivity contribution in [2.75, 3.05) is 6.54 Å². The van der Waals surface area contributed by atoms with Crippen LogP contribution in [0.5, 0.6) is 0 Å². The minimum atomic E-state index is -3.61. The molecule has 1 heterocycles. The molecule has 1 aromatic carbocycles. The summed E-state index contributed by atoms with van der Waals surface area (Å²) in [5.74, 6) is 5.46. The summed E-state index contributed by atoms with van der Waals surface area (Å²) in [6, 6.07) is 10.4. The number of sulfonamides is 1. The van der Waals surface area contributed by atoms with Crippen molar-refractivity contribution in [3.05, 3.63) is 50.6 Å². The van der Waals surface area contributed by atoms with Crippen molar-refractivity contribution < 1.29 is 8.42 Å². The maximum atomic E-state index is 12.4. The molecule has 0 spiro atoms. The van der Waals surface area contributed by atoms with Crippen molar-refractivity contribution in [2.45, 2.75) is 11.4 Å². The molecule has 0 aliphatic rings. The van der Waals surface area contributed by atoms with E-state index in [-0.39, 0.29) is 18.0 Å². The van der Waals surface area contributed by atoms with Gasteiger partial charge in [0, 0.05) is 17.0 Å². The van der Waals surface area contributed by atoms with Crippen molar-refractivity contribution in [3.8, 4) is 11.8 Å². The average molecular weight is 385 g/mol. The number of hydrogen-bond donors (Lipinski definition) is 2. The summed E-state index contributed by atoms with van der Waals surface area (Å²) >= 11 is 4.84. The zero-order valence-electron chi connectivity index (χ0n) is 11.0. The van der Waals surface area contributed by atoms with Gasteiger partial charge in [-0.05, 0) is 40.2 Å². The molecule has 0 bridgehead atoms. The van der Waals surface area contributed by atoms with Crippen LogP contribution in [0.15, 0.2) is 45.1 Å². The highest BCUT2D eigenvalue weighted by Gasteiger charge is 2.17. The van der Waals surface area contributed by atoms with Crippen LogP contribution in [0.25, 0.3) is 0 Å². The topological polar surface area (TPSA) is 72.2 Å². The normalized spacial score (nSPS) is 11.0. The van der Waals surface area contributed by atoms with E-state index in [1.165, 1.54) is 17.4 Å². The molecule has 7 heteroatoms. The van der Waals surface area contributed by atoms with Crippen molar-refractivity contribution in [3.63, 3.8) is 0 Å². The van der Waals surface area contributed by atoms with Gasteiger partial charge in [-0.3, -0.25) is 0 Å². The summed E-state index contributed by atoms with van der Waals surface area (Å²) in [6.07, 6.45) is 0. The summed E-state index contributed by atoms with van der Waals surface area (Å²) in [5, 5.41) is 0. The monoisotopic (exact) mass is 384 g/mol. The van der Waals surface area contributed by atoms with Gasteiger partial charge in [0.2, 0.25) is 10.0 Å². The van der Waals surface area contributed by atoms with E-state index in [0.717, 1.165) is 8.66 Å². The Kier molecular flexibility index (Phi) is 5.56. The fraction of sp³-hybridized carbons (Fsp3) is 0.143. The van der Waals surface area contributed by atoms with E-state index in [1.54, 1.807) is 18.2 Å². The van der Waals surface area contributed by atoms with Gasteiger partial charge in [0.25, 0.3) is 0 Å². The minimum Gasteiger partial charge on any atom is -0.320 e. The number of rotatable bonds is 4. The van der Waals surface area contributed by atoms with Crippen LogP contribution in [0.1, 0.15) is 10.4 Å². The molecule has 0 aliphatic heterocycles. The molecule has 4 nitrogen and oxygen atoms in total. The highest BCUT2D eigenvalue weighted by Crippen LogP contribution is 2.22. The third-order valence-electron chi connectivity index (χ3n) is 2.57. The molecule has 110 valence electrons. The lowest BCUT2D eigenvalue weighted by atomic mass is 10.2. The third-order valence-corrected chi connectivity index (χ3v) is 5.65. The van der Waals surface area contributed by atoms with Crippen molar-refractivity contribution >= 4 is 37.3 Å². The van der Waals surface area contributed by atoms with Crippen molar-refractivity contribution in [2.24, 2.45) is 5.73 Å². The molecule has 2 rings (SSSR count). The molecular formula is C14H13BrN2O2S2. The van der Waals surface area contributed by atoms with E-state index in [0.29, 0.717) is 5.56 Å². The first-order valence-corrected chi connectivity index (χ1v) is 9.14. The van der Waals surface area contributed by atoms with Gasteiger partial charge < -0.3 is 5.73 Å². The Morgan fingerprint density at radius 3 is 2.67 bits per heavy atom. The van der Waals surface area contributed by atoms with Gasteiger partial charge in [0.1, 0.15) is 0 Å². The van der Waals surface area contributed by atoms with E-state index in [2.05, 4.69) is 32.5 Å². The molecule has 1 aromatic heterocycles. The number of thiophene rings is 1. The van der Waals surface area contributed by atoms with E-state index in [1.807, 2.05) is 12.1 Å². The van der Waals surface area contributed by atoms with Crippen molar-refractivity contribution in [1.82, 2.24) is 4.72 Å². The number of nitrogens with two attached hydrogens (primary N) is 1. The van der Waals surface area contributed by atoms with Gasteiger partial charge in [0.05, 0.1) is 15.2 Å². The van der Waals surface area contributed by atoms with E-state index in [9.17, 15) is 8.42 Å². The fourth-order valence-electron chi connectivity index (χ4n) is 1.64. The Balaban J connectivity index is 2.23. The molecule has 0 saturated heterocycles. The Morgan fingerprint density at radius 2 is 2.00 bits per heavy atom. The summed E-state index contributed by atoms with van der Waals surface area (Å²) in [7, 11) is -3.61. The largest absolute Gasteiger partial charge is 0.320 e. The zero-order valence-corrected chi connectivity index (χ0v) is 14.2. The number of halogens is 1. The van der Waals surface area contributed by atoms with Crippen LogP contribution in [0.3, 0.4) is 0 Å². The predicted molar refractivity (Wildman–Crippen MR) is 88.4 cm³/mol. The van der Waals surface area contributed by atoms with Gasteiger partial charge in [0.15, 0.2) is 0 Å². The summed E-state index contributed by atoms with van der Waals surface area (Å²) < 4.78 is 28.3. The van der Waals surface area contributed by atoms with Crippen molar-refractivity contribution in [1.29, 1.82) is 0 Å². The van der Waals surface area contributed by atoms with E-state index in [4.69, 9.17) is 5.73 Å². The molecular weight excluding hydrogens is 372 g/mol. The third kappa shape index (κ3) is 4.40. The Bertz CT molecular complexity index is 789. The number of benzene rings is 1. The summed E-state index contributed by atoms with van der Waals surface area (Å²) in [5.41, 5.74) is 5.78. The smallest absolute Gasteiger partial charge is 0.242 e. The second-order valence-electron chi connectivity index (χ2n) is 4.03. The Labute approximate surface area is 136 Å².